The molecule has 1 heterocycles. The van der Waals surface area contributed by atoms with Gasteiger partial charge in [0.25, 0.3) is 0 Å². The summed E-state index contributed by atoms with van der Waals surface area (Å²) in [7, 11) is 0. The Hall–Kier alpha value is -2.23. The van der Waals surface area contributed by atoms with Crippen LogP contribution in [0.25, 0.3) is 0 Å². The van der Waals surface area contributed by atoms with Crippen LogP contribution in [-0.2, 0) is 12.8 Å². The molecular weight excluding hydrogens is 216 g/mol. The molecule has 0 N–H and O–H groups in total. The first-order valence-electron chi connectivity index (χ1n) is 5.39. The van der Waals surface area contributed by atoms with Crippen LogP contribution in [0.3, 0.4) is 0 Å². The van der Waals surface area contributed by atoms with Gasteiger partial charge in [0, 0.05) is 0 Å². The van der Waals surface area contributed by atoms with E-state index in [9.17, 15) is 10.1 Å². The van der Waals surface area contributed by atoms with E-state index >= 15 is 0 Å². The van der Waals surface area contributed by atoms with Gasteiger partial charge in [0.15, 0.2) is 0 Å². The van der Waals surface area contributed by atoms with E-state index < -0.39 is 4.92 Å². The normalized spacial score (nSPS) is 10.1. The molecule has 2 aromatic rings. The summed E-state index contributed by atoms with van der Waals surface area (Å²) in [5.41, 5.74) is 1.85. The standard InChI is InChI=1S/C13H12N2O2/c16-15(17)13-12(7-4-10-14-13)9-8-11-5-2-1-3-6-11/h1-7,10H,8-9H2. The lowest BCUT2D eigenvalue weighted by molar-refractivity contribution is -0.390. The fraction of sp³-hybridized carbons (Fsp3) is 0.154. The number of benzene rings is 1. The summed E-state index contributed by atoms with van der Waals surface area (Å²) in [4.78, 5) is 14.1. The van der Waals surface area contributed by atoms with Gasteiger partial charge in [-0.1, -0.05) is 30.3 Å². The van der Waals surface area contributed by atoms with Crippen LogP contribution < -0.4 is 0 Å². The van der Waals surface area contributed by atoms with Crippen molar-refractivity contribution in [2.75, 3.05) is 0 Å². The smallest absolute Gasteiger partial charge is 0.358 e. The zero-order chi connectivity index (χ0) is 12.1. The molecule has 0 amide bonds. The van der Waals surface area contributed by atoms with Gasteiger partial charge in [-0.25, -0.2) is 0 Å². The van der Waals surface area contributed by atoms with Crippen molar-refractivity contribution in [2.24, 2.45) is 0 Å². The average molecular weight is 228 g/mol. The van der Waals surface area contributed by atoms with Crippen molar-refractivity contribution < 1.29 is 4.92 Å². The highest BCUT2D eigenvalue weighted by Gasteiger charge is 2.13. The topological polar surface area (TPSA) is 56.0 Å². The molecule has 0 aliphatic carbocycles. The van der Waals surface area contributed by atoms with E-state index in [0.717, 1.165) is 6.42 Å². The molecule has 0 spiro atoms. The molecule has 0 saturated heterocycles. The molecule has 1 aromatic carbocycles. The highest BCUT2D eigenvalue weighted by molar-refractivity contribution is 5.32. The summed E-state index contributed by atoms with van der Waals surface area (Å²) in [5.74, 6) is -0.0385. The molecule has 0 unspecified atom stereocenters. The quantitative estimate of drug-likeness (QED) is 0.597. The largest absolute Gasteiger partial charge is 0.366 e. The molecule has 0 fully saturated rings. The molecule has 0 aliphatic rings. The van der Waals surface area contributed by atoms with Gasteiger partial charge in [0.2, 0.25) is 0 Å². The van der Waals surface area contributed by atoms with Crippen molar-refractivity contribution in [3.05, 3.63) is 69.9 Å². The maximum Gasteiger partial charge on any atom is 0.366 e. The predicted octanol–water partition coefficient (Wildman–Crippen LogP) is 2.78. The Kier molecular flexibility index (Phi) is 3.45. The molecule has 1 aromatic heterocycles. The van der Waals surface area contributed by atoms with Gasteiger partial charge in [0.05, 0.1) is 5.56 Å². The van der Waals surface area contributed by atoms with Gasteiger partial charge < -0.3 is 10.1 Å². The number of aryl methyl sites for hydroxylation is 2. The molecule has 0 atom stereocenters. The molecule has 0 bridgehead atoms. The van der Waals surface area contributed by atoms with Crippen LogP contribution in [0.4, 0.5) is 5.82 Å². The Morgan fingerprint density at radius 2 is 1.82 bits per heavy atom. The Labute approximate surface area is 99.1 Å². The van der Waals surface area contributed by atoms with E-state index in [1.807, 2.05) is 30.3 Å². The molecule has 0 saturated carbocycles. The zero-order valence-corrected chi connectivity index (χ0v) is 9.24. The van der Waals surface area contributed by atoms with Crippen LogP contribution in [0, 0.1) is 10.1 Å². The summed E-state index contributed by atoms with van der Waals surface area (Å²) in [5, 5.41) is 10.8. The van der Waals surface area contributed by atoms with E-state index in [1.54, 1.807) is 12.1 Å². The van der Waals surface area contributed by atoms with E-state index in [2.05, 4.69) is 4.98 Å². The van der Waals surface area contributed by atoms with Crippen molar-refractivity contribution in [3.8, 4) is 0 Å². The number of nitro groups is 1. The first-order chi connectivity index (χ1) is 8.27. The van der Waals surface area contributed by atoms with Gasteiger partial charge in [0.1, 0.15) is 6.20 Å². The van der Waals surface area contributed by atoms with Gasteiger partial charge >= 0.3 is 5.82 Å². The highest BCUT2D eigenvalue weighted by Crippen LogP contribution is 2.16. The monoisotopic (exact) mass is 228 g/mol. The predicted molar refractivity (Wildman–Crippen MR) is 64.7 cm³/mol. The molecular formula is C13H12N2O2. The molecule has 86 valence electrons. The van der Waals surface area contributed by atoms with Crippen LogP contribution in [0.2, 0.25) is 0 Å². The summed E-state index contributed by atoms with van der Waals surface area (Å²) in [6, 6.07) is 13.4. The van der Waals surface area contributed by atoms with Gasteiger partial charge in [-0.15, -0.1) is 0 Å². The van der Waals surface area contributed by atoms with Gasteiger partial charge in [-0.2, -0.15) is 0 Å². The Morgan fingerprint density at radius 3 is 2.53 bits per heavy atom. The van der Waals surface area contributed by atoms with Crippen LogP contribution in [0.15, 0.2) is 48.7 Å². The maximum atomic E-state index is 10.8. The van der Waals surface area contributed by atoms with Crippen molar-refractivity contribution in [1.82, 2.24) is 4.98 Å². The zero-order valence-electron chi connectivity index (χ0n) is 9.24. The average Bonchev–Trinajstić information content (AvgIpc) is 2.38. The number of pyridine rings is 1. The Bertz CT molecular complexity index is 512. The van der Waals surface area contributed by atoms with Crippen LogP contribution in [-0.4, -0.2) is 9.91 Å². The maximum absolute atomic E-state index is 10.8. The van der Waals surface area contributed by atoms with E-state index in [-0.39, 0.29) is 5.82 Å². The highest BCUT2D eigenvalue weighted by atomic mass is 16.6. The third-order valence-electron chi connectivity index (χ3n) is 2.57. The molecule has 0 radical (unpaired) electrons. The molecule has 4 heteroatoms. The number of hydrogen-bond donors (Lipinski definition) is 0. The molecule has 17 heavy (non-hydrogen) atoms. The minimum atomic E-state index is -0.430. The van der Waals surface area contributed by atoms with Crippen molar-refractivity contribution in [1.29, 1.82) is 0 Å². The summed E-state index contributed by atoms with van der Waals surface area (Å²) in [6.07, 6.45) is 2.87. The second kappa shape index (κ2) is 5.21. The Morgan fingerprint density at radius 1 is 1.06 bits per heavy atom. The number of aromatic nitrogens is 1. The fourth-order valence-corrected chi connectivity index (χ4v) is 1.71. The van der Waals surface area contributed by atoms with E-state index in [1.165, 1.54) is 11.8 Å². The Balaban J connectivity index is 2.12. The van der Waals surface area contributed by atoms with Crippen LogP contribution in [0.5, 0.6) is 0 Å². The summed E-state index contributed by atoms with van der Waals surface area (Å²) >= 11 is 0. The first-order valence-corrected chi connectivity index (χ1v) is 5.39. The lowest BCUT2D eigenvalue weighted by atomic mass is 10.1. The minimum Gasteiger partial charge on any atom is -0.358 e. The SMILES string of the molecule is O=[N+]([O-])c1ncccc1CCc1ccccc1. The molecule has 2 rings (SSSR count). The fourth-order valence-electron chi connectivity index (χ4n) is 1.71. The number of nitrogens with zero attached hydrogens (tertiary/aromatic N) is 2. The van der Waals surface area contributed by atoms with Gasteiger partial charge in [-0.3, -0.25) is 0 Å². The van der Waals surface area contributed by atoms with Crippen molar-refractivity contribution >= 4 is 5.82 Å². The van der Waals surface area contributed by atoms with Crippen molar-refractivity contribution in [2.45, 2.75) is 12.8 Å². The third kappa shape index (κ3) is 2.87. The third-order valence-corrected chi connectivity index (χ3v) is 2.57. The second-order valence-corrected chi connectivity index (χ2v) is 3.73. The number of rotatable bonds is 4. The number of hydrogen-bond acceptors (Lipinski definition) is 3. The lowest BCUT2D eigenvalue weighted by Gasteiger charge is -2.02. The van der Waals surface area contributed by atoms with E-state index in [4.69, 9.17) is 0 Å². The van der Waals surface area contributed by atoms with Crippen LogP contribution in [0.1, 0.15) is 11.1 Å². The molecule has 4 nitrogen and oxygen atoms in total. The minimum absolute atomic E-state index is 0.0385. The van der Waals surface area contributed by atoms with Gasteiger partial charge in [-0.05, 0) is 40.4 Å². The molecule has 0 aliphatic heterocycles. The summed E-state index contributed by atoms with van der Waals surface area (Å²) < 4.78 is 0. The van der Waals surface area contributed by atoms with Crippen molar-refractivity contribution in [3.63, 3.8) is 0 Å². The summed E-state index contributed by atoms with van der Waals surface area (Å²) in [6.45, 7) is 0. The van der Waals surface area contributed by atoms with Crippen LogP contribution >= 0.6 is 0 Å². The first kappa shape index (κ1) is 11.3. The lowest BCUT2D eigenvalue weighted by Crippen LogP contribution is -1.99. The van der Waals surface area contributed by atoms with E-state index in [0.29, 0.717) is 12.0 Å². The second-order valence-electron chi connectivity index (χ2n) is 3.73.